The molecule has 0 bridgehead atoms. The fourth-order valence-corrected chi connectivity index (χ4v) is 4.63. The molecule has 0 aliphatic heterocycles. The van der Waals surface area contributed by atoms with E-state index in [0.29, 0.717) is 16.6 Å². The molecular weight excluding hydrogens is 431 g/mol. The molecular formula is C19H15FN4O4S2. The lowest BCUT2D eigenvalue weighted by atomic mass is 10.1. The number of ether oxygens (including phenoxy) is 1. The van der Waals surface area contributed by atoms with Crippen LogP contribution < -0.4 is 4.74 Å². The van der Waals surface area contributed by atoms with Gasteiger partial charge in [-0.15, -0.1) is 22.7 Å². The first-order valence-electron chi connectivity index (χ1n) is 8.62. The number of hydrogen-bond donors (Lipinski definition) is 2. The molecule has 0 aliphatic carbocycles. The van der Waals surface area contributed by atoms with Gasteiger partial charge < -0.3 is 14.9 Å². The molecule has 0 radical (unpaired) electrons. The van der Waals surface area contributed by atoms with Crippen molar-refractivity contribution in [2.24, 2.45) is 7.05 Å². The summed E-state index contributed by atoms with van der Waals surface area (Å²) < 4.78 is 21.7. The molecule has 0 saturated heterocycles. The largest absolute Gasteiger partial charge is 0.507 e. The zero-order valence-electron chi connectivity index (χ0n) is 15.8. The molecule has 0 amide bonds. The maximum Gasteiger partial charge on any atom is 0.339 e. The van der Waals surface area contributed by atoms with Gasteiger partial charge in [0.2, 0.25) is 5.88 Å². The molecule has 0 aliphatic rings. The summed E-state index contributed by atoms with van der Waals surface area (Å²) in [6, 6.07) is 3.63. The molecule has 0 saturated carbocycles. The van der Waals surface area contributed by atoms with Gasteiger partial charge in [-0.05, 0) is 19.1 Å². The van der Waals surface area contributed by atoms with Crippen LogP contribution in [0.1, 0.15) is 21.1 Å². The molecule has 3 aromatic heterocycles. The second kappa shape index (κ2) is 7.84. The smallest absolute Gasteiger partial charge is 0.339 e. The molecule has 0 spiro atoms. The zero-order chi connectivity index (χ0) is 21.4. The number of halogens is 1. The minimum atomic E-state index is -1.40. The van der Waals surface area contributed by atoms with Crippen LogP contribution in [0.25, 0.3) is 21.1 Å². The molecule has 0 unspecified atom stereocenters. The van der Waals surface area contributed by atoms with Gasteiger partial charge in [0.1, 0.15) is 33.8 Å². The highest BCUT2D eigenvalue weighted by atomic mass is 32.1. The number of phenols is 1. The summed E-state index contributed by atoms with van der Waals surface area (Å²) in [5.74, 6) is -2.06. The van der Waals surface area contributed by atoms with Crippen molar-refractivity contribution in [3.8, 4) is 32.8 Å². The average molecular weight is 446 g/mol. The Kier molecular flexibility index (Phi) is 5.22. The number of benzene rings is 1. The maximum atomic E-state index is 14.4. The van der Waals surface area contributed by atoms with Crippen molar-refractivity contribution in [2.75, 3.05) is 0 Å². The van der Waals surface area contributed by atoms with E-state index in [1.54, 1.807) is 29.4 Å². The summed E-state index contributed by atoms with van der Waals surface area (Å²) in [7, 11) is 1.78. The summed E-state index contributed by atoms with van der Waals surface area (Å²) in [4.78, 5) is 20.8. The predicted octanol–water partition coefficient (Wildman–Crippen LogP) is 4.10. The average Bonchev–Trinajstić information content (AvgIpc) is 3.41. The van der Waals surface area contributed by atoms with Gasteiger partial charge in [0.25, 0.3) is 0 Å². The summed E-state index contributed by atoms with van der Waals surface area (Å²) in [6.45, 7) is 2.13. The van der Waals surface area contributed by atoms with E-state index in [1.165, 1.54) is 22.7 Å². The third-order valence-electron chi connectivity index (χ3n) is 4.24. The van der Waals surface area contributed by atoms with E-state index in [0.717, 1.165) is 27.7 Å². The number of nitrogens with zero attached hydrogens (tertiary/aromatic N) is 4. The zero-order valence-corrected chi connectivity index (χ0v) is 17.4. The van der Waals surface area contributed by atoms with Gasteiger partial charge in [-0.3, -0.25) is 0 Å². The van der Waals surface area contributed by atoms with Crippen LogP contribution >= 0.6 is 22.7 Å². The molecule has 8 nitrogen and oxygen atoms in total. The first-order chi connectivity index (χ1) is 14.3. The molecule has 4 aromatic rings. The van der Waals surface area contributed by atoms with Crippen LogP contribution in [0, 0.1) is 12.7 Å². The number of aromatic carboxylic acids is 1. The lowest BCUT2D eigenvalue weighted by Crippen LogP contribution is -2.00. The number of carboxylic acid groups (broad SMARTS) is 1. The first-order valence-corrected chi connectivity index (χ1v) is 10.3. The van der Waals surface area contributed by atoms with Crippen molar-refractivity contribution < 1.29 is 24.1 Å². The first kappa shape index (κ1) is 20.0. The minimum Gasteiger partial charge on any atom is -0.507 e. The fourth-order valence-electron chi connectivity index (χ4n) is 2.79. The number of aromatic hydroxyl groups is 1. The number of carbonyl (C=O) groups is 1. The Morgan fingerprint density at radius 3 is 2.83 bits per heavy atom. The van der Waals surface area contributed by atoms with Crippen molar-refractivity contribution in [3.05, 3.63) is 51.9 Å². The van der Waals surface area contributed by atoms with Gasteiger partial charge in [-0.1, -0.05) is 0 Å². The van der Waals surface area contributed by atoms with Gasteiger partial charge in [0, 0.05) is 24.1 Å². The highest BCUT2D eigenvalue weighted by Gasteiger charge is 2.19. The topological polar surface area (TPSA) is 110 Å². The standard InChI is InChI=1S/C19H15FN4O4S2/c1-9-17(30-15(22-9)7-28-16-3-4-21-24(16)2)13-8-29-18(23-13)10-6-14(25)11(19(26)27)5-12(10)20/h3-6,8,25H,7H2,1-2H3,(H,26,27). The van der Waals surface area contributed by atoms with Gasteiger partial charge >= 0.3 is 5.97 Å². The van der Waals surface area contributed by atoms with Gasteiger partial charge in [-0.25, -0.2) is 23.8 Å². The van der Waals surface area contributed by atoms with Crippen molar-refractivity contribution in [1.29, 1.82) is 0 Å². The number of aryl methyl sites for hydroxylation is 2. The van der Waals surface area contributed by atoms with Crippen molar-refractivity contribution >= 4 is 28.6 Å². The lowest BCUT2D eigenvalue weighted by Gasteiger charge is -2.04. The highest BCUT2D eigenvalue weighted by Crippen LogP contribution is 2.36. The van der Waals surface area contributed by atoms with Crippen LogP contribution in [-0.4, -0.2) is 35.9 Å². The third-order valence-corrected chi connectivity index (χ3v) is 6.27. The summed E-state index contributed by atoms with van der Waals surface area (Å²) in [5.41, 5.74) is 0.933. The van der Waals surface area contributed by atoms with E-state index < -0.39 is 23.1 Å². The number of aromatic nitrogens is 4. The fraction of sp³-hybridized carbons (Fsp3) is 0.158. The van der Waals surface area contributed by atoms with E-state index in [-0.39, 0.29) is 12.2 Å². The number of hydrogen-bond acceptors (Lipinski definition) is 8. The normalized spacial score (nSPS) is 11.0. The third kappa shape index (κ3) is 3.76. The number of carboxylic acids is 1. The number of rotatable bonds is 6. The second-order valence-electron chi connectivity index (χ2n) is 6.30. The molecule has 11 heteroatoms. The Morgan fingerprint density at radius 1 is 1.33 bits per heavy atom. The van der Waals surface area contributed by atoms with E-state index >= 15 is 0 Å². The molecule has 2 N–H and O–H groups in total. The maximum absolute atomic E-state index is 14.4. The minimum absolute atomic E-state index is 0.0377. The molecule has 154 valence electrons. The highest BCUT2D eigenvalue weighted by molar-refractivity contribution is 7.16. The second-order valence-corrected chi connectivity index (χ2v) is 8.24. The van der Waals surface area contributed by atoms with Crippen LogP contribution in [0.15, 0.2) is 29.8 Å². The van der Waals surface area contributed by atoms with E-state index in [2.05, 4.69) is 15.1 Å². The molecule has 4 rings (SSSR count). The van der Waals surface area contributed by atoms with E-state index in [9.17, 15) is 14.3 Å². The molecule has 0 fully saturated rings. The molecule has 30 heavy (non-hydrogen) atoms. The Balaban J connectivity index is 1.59. The van der Waals surface area contributed by atoms with E-state index in [4.69, 9.17) is 9.84 Å². The Hall–Kier alpha value is -3.31. The Bertz CT molecular complexity index is 1250. The molecule has 1 aromatic carbocycles. The summed E-state index contributed by atoms with van der Waals surface area (Å²) in [5, 5.41) is 25.8. The number of thiazole rings is 2. The van der Waals surface area contributed by atoms with Gasteiger partial charge in [0.15, 0.2) is 0 Å². The quantitative estimate of drug-likeness (QED) is 0.459. The van der Waals surface area contributed by atoms with Crippen LogP contribution in [0.5, 0.6) is 11.6 Å². The lowest BCUT2D eigenvalue weighted by molar-refractivity contribution is 0.0693. The monoisotopic (exact) mass is 446 g/mol. The van der Waals surface area contributed by atoms with E-state index in [1.807, 2.05) is 6.92 Å². The molecule has 0 atom stereocenters. The van der Waals surface area contributed by atoms with Crippen LogP contribution in [0.2, 0.25) is 0 Å². The summed E-state index contributed by atoms with van der Waals surface area (Å²) >= 11 is 2.61. The van der Waals surface area contributed by atoms with Crippen LogP contribution in [0.3, 0.4) is 0 Å². The Labute approximate surface area is 177 Å². The van der Waals surface area contributed by atoms with Crippen molar-refractivity contribution in [3.63, 3.8) is 0 Å². The van der Waals surface area contributed by atoms with Crippen molar-refractivity contribution in [1.82, 2.24) is 19.7 Å². The molecule has 3 heterocycles. The van der Waals surface area contributed by atoms with Crippen LogP contribution in [-0.2, 0) is 13.7 Å². The summed E-state index contributed by atoms with van der Waals surface area (Å²) in [6.07, 6.45) is 1.64. The van der Waals surface area contributed by atoms with Gasteiger partial charge in [-0.2, -0.15) is 5.10 Å². The van der Waals surface area contributed by atoms with Crippen molar-refractivity contribution in [2.45, 2.75) is 13.5 Å². The predicted molar refractivity (Wildman–Crippen MR) is 110 cm³/mol. The van der Waals surface area contributed by atoms with Crippen LogP contribution in [0.4, 0.5) is 4.39 Å². The van der Waals surface area contributed by atoms with Gasteiger partial charge in [0.05, 0.1) is 22.5 Å². The Morgan fingerprint density at radius 2 is 2.13 bits per heavy atom. The SMILES string of the molecule is Cc1nc(COc2ccnn2C)sc1-c1csc(-c2cc(O)c(C(=O)O)cc2F)n1.